The Morgan fingerprint density at radius 2 is 1.78 bits per heavy atom. The van der Waals surface area contributed by atoms with E-state index in [1.54, 1.807) is 23.2 Å². The quantitative estimate of drug-likeness (QED) is 0.202. The Morgan fingerprint density at radius 1 is 1.02 bits per heavy atom. The van der Waals surface area contributed by atoms with Gasteiger partial charge in [-0.2, -0.15) is 0 Å². The summed E-state index contributed by atoms with van der Waals surface area (Å²) in [5.74, 6) is 0.608. The maximum Gasteiger partial charge on any atom is 0.256 e. The van der Waals surface area contributed by atoms with Crippen LogP contribution in [-0.2, 0) is 4.79 Å². The summed E-state index contributed by atoms with van der Waals surface area (Å²) in [5.41, 5.74) is 1.71. The lowest BCUT2D eigenvalue weighted by Crippen LogP contribution is -2.35. The van der Waals surface area contributed by atoms with E-state index in [1.165, 1.54) is 23.3 Å². The minimum Gasteiger partial charge on any atom is -0.493 e. The molecule has 0 saturated carbocycles. The van der Waals surface area contributed by atoms with Crippen LogP contribution in [0.2, 0.25) is 0 Å². The molecule has 7 rings (SSSR count). The van der Waals surface area contributed by atoms with Crippen molar-refractivity contribution in [2.24, 2.45) is 4.99 Å². The van der Waals surface area contributed by atoms with E-state index in [1.807, 2.05) is 6.07 Å². The molecule has 2 aliphatic rings. The number of anilines is 1. The second-order valence-corrected chi connectivity index (χ2v) is 10.7. The summed E-state index contributed by atoms with van der Waals surface area (Å²) >= 11 is 0. The molecule has 8 nitrogen and oxygen atoms in total. The fraction of sp³-hybridized carbons (Fsp3) is 0.242. The van der Waals surface area contributed by atoms with Crippen LogP contribution in [0.5, 0.6) is 11.5 Å². The van der Waals surface area contributed by atoms with Gasteiger partial charge in [0, 0.05) is 42.7 Å². The number of ether oxygens (including phenoxy) is 2. The highest BCUT2D eigenvalue weighted by atomic mass is 16.5. The summed E-state index contributed by atoms with van der Waals surface area (Å²) in [5, 5.41) is 20.0. The average Bonchev–Trinajstić information content (AvgIpc) is 3.32. The Labute approximate surface area is 236 Å². The number of nitrogens with one attached hydrogen (secondary N) is 1. The molecule has 41 heavy (non-hydrogen) atoms. The largest absolute Gasteiger partial charge is 0.493 e. The third kappa shape index (κ3) is 4.40. The van der Waals surface area contributed by atoms with Crippen LogP contribution in [0.25, 0.3) is 32.3 Å². The van der Waals surface area contributed by atoms with Crippen LogP contribution in [0.15, 0.2) is 71.7 Å². The van der Waals surface area contributed by atoms with E-state index >= 15 is 0 Å². The van der Waals surface area contributed by atoms with Crippen molar-refractivity contribution in [2.45, 2.75) is 31.4 Å². The summed E-state index contributed by atoms with van der Waals surface area (Å²) in [7, 11) is 1.52. The van der Waals surface area contributed by atoms with E-state index in [-0.39, 0.29) is 30.8 Å². The predicted molar refractivity (Wildman–Crippen MR) is 160 cm³/mol. The Bertz CT molecular complexity index is 1830. The monoisotopic (exact) mass is 547 g/mol. The van der Waals surface area contributed by atoms with E-state index in [4.69, 9.17) is 9.47 Å². The van der Waals surface area contributed by atoms with Crippen LogP contribution in [0.4, 0.5) is 11.4 Å². The standard InChI is InChI=1S/C33H29N3O5/c1-40-28-15-25-27(34-17-22-14-23(37)18-36(22)33(25)39)16-29(28)41-13-3-6-30(38)35-26-12-10-21-8-7-19-4-2-5-20-9-11-24(26)32(21)31(19)20/h2,4-5,7-12,15-17,22-23,37H,3,6,13-14,18H2,1H3,(H,35,38)/t22-,23?/m0/s1. The second kappa shape index (κ2) is 10.1. The highest BCUT2D eigenvalue weighted by Gasteiger charge is 2.36. The smallest absolute Gasteiger partial charge is 0.256 e. The molecule has 1 fully saturated rings. The molecule has 0 spiro atoms. The van der Waals surface area contributed by atoms with Crippen molar-refractivity contribution in [2.75, 3.05) is 25.6 Å². The molecule has 0 bridgehead atoms. The molecular weight excluding hydrogens is 518 g/mol. The lowest BCUT2D eigenvalue weighted by molar-refractivity contribution is -0.116. The zero-order valence-corrected chi connectivity index (χ0v) is 22.6. The Morgan fingerprint density at radius 3 is 2.59 bits per heavy atom. The van der Waals surface area contributed by atoms with E-state index in [0.717, 1.165) is 21.8 Å². The fourth-order valence-corrected chi connectivity index (χ4v) is 6.11. The van der Waals surface area contributed by atoms with Gasteiger partial charge in [0.25, 0.3) is 5.91 Å². The number of carbonyl (C=O) groups is 2. The number of aliphatic hydroxyl groups excluding tert-OH is 1. The van der Waals surface area contributed by atoms with Gasteiger partial charge in [-0.15, -0.1) is 0 Å². The Balaban J connectivity index is 1.03. The molecule has 0 aliphatic carbocycles. The van der Waals surface area contributed by atoms with Gasteiger partial charge in [0.2, 0.25) is 5.91 Å². The number of carbonyl (C=O) groups excluding carboxylic acids is 2. The van der Waals surface area contributed by atoms with Crippen molar-refractivity contribution in [1.29, 1.82) is 0 Å². The van der Waals surface area contributed by atoms with Gasteiger partial charge in [-0.25, -0.2) is 0 Å². The van der Waals surface area contributed by atoms with Crippen LogP contribution < -0.4 is 14.8 Å². The molecule has 2 heterocycles. The van der Waals surface area contributed by atoms with Crippen molar-refractivity contribution in [3.8, 4) is 11.5 Å². The first-order valence-electron chi connectivity index (χ1n) is 13.8. The molecular formula is C33H29N3O5. The molecule has 1 saturated heterocycles. The first-order chi connectivity index (χ1) is 20.0. The van der Waals surface area contributed by atoms with Gasteiger partial charge in [-0.05, 0) is 45.5 Å². The number of hydrogen-bond acceptors (Lipinski definition) is 6. The SMILES string of the molecule is COc1cc2c(cc1OCCCC(=O)Nc1ccc3ccc4cccc5ccc1c3c45)N=C[C@@H]1CC(O)CN1C2=O. The fourth-order valence-electron chi connectivity index (χ4n) is 6.11. The third-order valence-corrected chi connectivity index (χ3v) is 8.09. The van der Waals surface area contributed by atoms with Crippen molar-refractivity contribution in [1.82, 2.24) is 4.90 Å². The lowest BCUT2D eigenvalue weighted by Gasteiger charge is -2.20. The summed E-state index contributed by atoms with van der Waals surface area (Å²) in [6.07, 6.45) is 2.41. The molecule has 5 aromatic rings. The molecule has 0 aromatic heterocycles. The lowest BCUT2D eigenvalue weighted by atomic mass is 9.93. The highest BCUT2D eigenvalue weighted by Crippen LogP contribution is 2.39. The molecule has 5 aromatic carbocycles. The Kier molecular flexibility index (Phi) is 6.20. The number of nitrogens with zero attached hydrogens (tertiary/aromatic N) is 2. The number of aliphatic imine (C=N–C) groups is 1. The third-order valence-electron chi connectivity index (χ3n) is 8.09. The van der Waals surface area contributed by atoms with Gasteiger partial charge in [0.1, 0.15) is 0 Å². The molecule has 2 N–H and O–H groups in total. The van der Waals surface area contributed by atoms with Crippen LogP contribution >= 0.6 is 0 Å². The first-order valence-corrected chi connectivity index (χ1v) is 13.8. The van der Waals surface area contributed by atoms with E-state index in [0.29, 0.717) is 42.2 Å². The minimum absolute atomic E-state index is 0.0875. The molecule has 0 radical (unpaired) electrons. The van der Waals surface area contributed by atoms with Gasteiger partial charge in [0.15, 0.2) is 11.5 Å². The van der Waals surface area contributed by atoms with Crippen LogP contribution in [-0.4, -0.2) is 60.4 Å². The van der Waals surface area contributed by atoms with Gasteiger partial charge in [-0.3, -0.25) is 14.6 Å². The van der Waals surface area contributed by atoms with Crippen LogP contribution in [0, 0.1) is 0 Å². The molecule has 2 atom stereocenters. The number of benzene rings is 5. The minimum atomic E-state index is -0.549. The molecule has 2 aliphatic heterocycles. The van der Waals surface area contributed by atoms with E-state index < -0.39 is 6.10 Å². The van der Waals surface area contributed by atoms with Crippen molar-refractivity contribution in [3.05, 3.63) is 72.3 Å². The number of methoxy groups -OCH3 is 1. The summed E-state index contributed by atoms with van der Waals surface area (Å²) in [6, 6.07) is 21.9. The van der Waals surface area contributed by atoms with Gasteiger partial charge in [0.05, 0.1) is 37.1 Å². The summed E-state index contributed by atoms with van der Waals surface area (Å²) in [6.45, 7) is 0.575. The van der Waals surface area contributed by atoms with Crippen molar-refractivity contribution in [3.63, 3.8) is 0 Å². The van der Waals surface area contributed by atoms with Gasteiger partial charge < -0.3 is 24.8 Å². The molecule has 8 heteroatoms. The van der Waals surface area contributed by atoms with E-state index in [2.05, 4.69) is 58.8 Å². The topological polar surface area (TPSA) is 100 Å². The Hall–Kier alpha value is -4.69. The van der Waals surface area contributed by atoms with Gasteiger partial charge >= 0.3 is 0 Å². The van der Waals surface area contributed by atoms with Crippen molar-refractivity contribution < 1.29 is 24.2 Å². The molecule has 206 valence electrons. The maximum atomic E-state index is 13.1. The summed E-state index contributed by atoms with van der Waals surface area (Å²) < 4.78 is 11.5. The number of fused-ring (bicyclic) bond motifs is 2. The number of rotatable bonds is 7. The number of aliphatic hydroxyl groups is 1. The maximum absolute atomic E-state index is 13.1. The zero-order valence-electron chi connectivity index (χ0n) is 22.6. The van der Waals surface area contributed by atoms with Crippen molar-refractivity contribution >= 4 is 61.7 Å². The number of hydrogen-bond donors (Lipinski definition) is 2. The average molecular weight is 548 g/mol. The predicted octanol–water partition coefficient (Wildman–Crippen LogP) is 5.68. The molecule has 2 amide bonds. The zero-order chi connectivity index (χ0) is 28.1. The number of amides is 2. The van der Waals surface area contributed by atoms with Gasteiger partial charge in [-0.1, -0.05) is 48.5 Å². The second-order valence-electron chi connectivity index (χ2n) is 10.7. The van der Waals surface area contributed by atoms with Crippen LogP contribution in [0.1, 0.15) is 29.6 Å². The highest BCUT2D eigenvalue weighted by molar-refractivity contribution is 6.25. The van der Waals surface area contributed by atoms with Crippen LogP contribution in [0.3, 0.4) is 0 Å². The van der Waals surface area contributed by atoms with E-state index in [9.17, 15) is 14.7 Å². The first kappa shape index (κ1) is 25.3. The normalized spacial score (nSPS) is 18.1. The molecule has 1 unspecified atom stereocenters. The summed E-state index contributed by atoms with van der Waals surface area (Å²) in [4.78, 5) is 32.2.